The van der Waals surface area contributed by atoms with E-state index in [1.807, 2.05) is 6.92 Å². The number of amides is 2. The molecule has 126 valence electrons. The fourth-order valence-electron chi connectivity index (χ4n) is 2.60. The van der Waals surface area contributed by atoms with Crippen LogP contribution in [0.2, 0.25) is 0 Å². The van der Waals surface area contributed by atoms with Gasteiger partial charge in [0.25, 0.3) is 5.91 Å². The molecule has 1 saturated heterocycles. The first-order valence-corrected chi connectivity index (χ1v) is 7.25. The number of nitrogens with one attached hydrogen (secondary N) is 2. The van der Waals surface area contributed by atoms with Gasteiger partial charge in [-0.25, -0.2) is 0 Å². The van der Waals surface area contributed by atoms with Crippen molar-refractivity contribution in [2.45, 2.75) is 19.1 Å². The Morgan fingerprint density at radius 3 is 2.96 bits per heavy atom. The fourth-order valence-corrected chi connectivity index (χ4v) is 2.60. The number of benzene rings is 1. The number of likely N-dealkylation sites (N-methyl/N-ethyl adjacent to an activating group) is 1. The highest BCUT2D eigenvalue weighted by Gasteiger charge is 2.29. The Morgan fingerprint density at radius 2 is 2.22 bits per heavy atom. The zero-order chi connectivity index (χ0) is 15.7. The van der Waals surface area contributed by atoms with Crippen molar-refractivity contribution in [2.75, 3.05) is 37.0 Å². The van der Waals surface area contributed by atoms with Crippen LogP contribution in [0.15, 0.2) is 18.2 Å². The summed E-state index contributed by atoms with van der Waals surface area (Å²) in [5, 5.41) is 5.99. The molecule has 1 aromatic carbocycles. The van der Waals surface area contributed by atoms with Crippen LogP contribution in [-0.2, 0) is 14.3 Å². The Morgan fingerprint density at radius 1 is 1.43 bits per heavy atom. The van der Waals surface area contributed by atoms with E-state index in [2.05, 4.69) is 10.6 Å². The van der Waals surface area contributed by atoms with Gasteiger partial charge in [-0.15, -0.1) is 12.4 Å². The molecule has 1 aromatic rings. The predicted molar refractivity (Wildman–Crippen MR) is 88.4 cm³/mol. The minimum Gasteiger partial charge on any atom is -0.482 e. The van der Waals surface area contributed by atoms with Gasteiger partial charge in [0.05, 0.1) is 18.4 Å². The second-order valence-electron chi connectivity index (χ2n) is 5.42. The number of morpholine rings is 1. The number of hydrogen-bond acceptors (Lipinski definition) is 5. The Labute approximate surface area is 140 Å². The maximum atomic E-state index is 12.3. The van der Waals surface area contributed by atoms with Crippen molar-refractivity contribution in [3.05, 3.63) is 18.2 Å². The third kappa shape index (κ3) is 3.57. The first-order chi connectivity index (χ1) is 10.6. The number of anilines is 2. The van der Waals surface area contributed by atoms with Crippen LogP contribution in [0, 0.1) is 0 Å². The number of nitrogens with zero attached hydrogens (tertiary/aromatic N) is 1. The molecule has 0 saturated carbocycles. The number of carbonyl (C=O) groups is 2. The second kappa shape index (κ2) is 7.16. The summed E-state index contributed by atoms with van der Waals surface area (Å²) in [6.45, 7) is 3.16. The summed E-state index contributed by atoms with van der Waals surface area (Å²) >= 11 is 0. The molecule has 0 aromatic heterocycles. The number of fused-ring (bicyclic) bond motifs is 1. The van der Waals surface area contributed by atoms with Gasteiger partial charge in [0.1, 0.15) is 11.8 Å². The Hall–Kier alpha value is -1.83. The molecule has 0 radical (unpaired) electrons. The van der Waals surface area contributed by atoms with Crippen molar-refractivity contribution in [1.29, 1.82) is 0 Å². The highest BCUT2D eigenvalue weighted by Crippen LogP contribution is 2.33. The monoisotopic (exact) mass is 341 g/mol. The van der Waals surface area contributed by atoms with Crippen molar-refractivity contribution in [3.63, 3.8) is 0 Å². The molecule has 0 bridgehead atoms. The van der Waals surface area contributed by atoms with Crippen LogP contribution in [-0.4, -0.2) is 50.8 Å². The lowest BCUT2D eigenvalue weighted by Crippen LogP contribution is -2.53. The average Bonchev–Trinajstić information content (AvgIpc) is 2.52. The largest absolute Gasteiger partial charge is 0.482 e. The summed E-state index contributed by atoms with van der Waals surface area (Å²) in [6, 6.07) is 4.86. The van der Waals surface area contributed by atoms with E-state index in [-0.39, 0.29) is 43.0 Å². The minimum absolute atomic E-state index is 0. The maximum Gasteiger partial charge on any atom is 0.264 e. The molecule has 2 amide bonds. The zero-order valence-corrected chi connectivity index (χ0v) is 13.8. The molecule has 0 aliphatic carbocycles. The highest BCUT2D eigenvalue weighted by molar-refractivity contribution is 6.00. The molecular formula is C15H20ClN3O4. The van der Waals surface area contributed by atoms with Crippen LogP contribution in [0.25, 0.3) is 0 Å². The molecule has 2 aliphatic heterocycles. The van der Waals surface area contributed by atoms with Crippen LogP contribution in [0.4, 0.5) is 11.4 Å². The van der Waals surface area contributed by atoms with E-state index in [9.17, 15) is 9.59 Å². The Kier molecular flexibility index (Phi) is 5.46. The SMILES string of the molecule is C[C@H]1OCCN[C@@H]1C(=O)Nc1ccc2c(c1)N(C)C(=O)CO2.Cl. The van der Waals surface area contributed by atoms with E-state index >= 15 is 0 Å². The van der Waals surface area contributed by atoms with E-state index in [0.717, 1.165) is 0 Å². The summed E-state index contributed by atoms with van der Waals surface area (Å²) in [5.41, 5.74) is 1.27. The third-order valence-electron chi connectivity index (χ3n) is 3.91. The topological polar surface area (TPSA) is 79.9 Å². The van der Waals surface area contributed by atoms with Gasteiger partial charge in [0, 0.05) is 19.3 Å². The summed E-state index contributed by atoms with van der Waals surface area (Å²) < 4.78 is 10.8. The molecule has 1 fully saturated rings. The molecule has 23 heavy (non-hydrogen) atoms. The first-order valence-electron chi connectivity index (χ1n) is 7.25. The lowest BCUT2D eigenvalue weighted by molar-refractivity contribution is -0.123. The number of halogens is 1. The lowest BCUT2D eigenvalue weighted by atomic mass is 10.1. The third-order valence-corrected chi connectivity index (χ3v) is 3.91. The number of hydrogen-bond donors (Lipinski definition) is 2. The number of rotatable bonds is 2. The molecule has 0 unspecified atom stereocenters. The number of ether oxygens (including phenoxy) is 2. The standard InChI is InChI=1S/C15H19N3O4.ClH/c1-9-14(16-5-6-21-9)15(20)17-10-3-4-12-11(7-10)18(2)13(19)8-22-12;/h3-4,7,9,14,16H,5-6,8H2,1-2H3,(H,17,20);1H/t9-,14+;/m1./s1. The van der Waals surface area contributed by atoms with Gasteiger partial charge in [-0.2, -0.15) is 0 Å². The van der Waals surface area contributed by atoms with E-state index in [0.29, 0.717) is 30.3 Å². The highest BCUT2D eigenvalue weighted by atomic mass is 35.5. The van der Waals surface area contributed by atoms with Crippen LogP contribution in [0.1, 0.15) is 6.92 Å². The van der Waals surface area contributed by atoms with E-state index in [1.54, 1.807) is 25.2 Å². The quantitative estimate of drug-likeness (QED) is 0.831. The predicted octanol–water partition coefficient (Wildman–Crippen LogP) is 0.779. The van der Waals surface area contributed by atoms with Crippen molar-refractivity contribution in [3.8, 4) is 5.75 Å². The molecule has 2 heterocycles. The van der Waals surface area contributed by atoms with Crippen molar-refractivity contribution < 1.29 is 19.1 Å². The molecular weight excluding hydrogens is 322 g/mol. The summed E-state index contributed by atoms with van der Waals surface area (Å²) in [5.74, 6) is 0.359. The summed E-state index contributed by atoms with van der Waals surface area (Å²) in [7, 11) is 1.69. The van der Waals surface area contributed by atoms with E-state index < -0.39 is 0 Å². The van der Waals surface area contributed by atoms with Gasteiger partial charge < -0.3 is 25.0 Å². The van der Waals surface area contributed by atoms with Crippen molar-refractivity contribution >= 4 is 35.6 Å². The van der Waals surface area contributed by atoms with E-state index in [4.69, 9.17) is 9.47 Å². The van der Waals surface area contributed by atoms with Gasteiger partial charge in [-0.3, -0.25) is 9.59 Å². The molecule has 2 aliphatic rings. The normalized spacial score (nSPS) is 23.4. The lowest BCUT2D eigenvalue weighted by Gasteiger charge is -2.30. The van der Waals surface area contributed by atoms with Crippen molar-refractivity contribution in [2.24, 2.45) is 0 Å². The zero-order valence-electron chi connectivity index (χ0n) is 13.0. The maximum absolute atomic E-state index is 12.3. The average molecular weight is 342 g/mol. The van der Waals surface area contributed by atoms with Gasteiger partial charge in [-0.05, 0) is 25.1 Å². The summed E-state index contributed by atoms with van der Waals surface area (Å²) in [6.07, 6.45) is -0.182. The van der Waals surface area contributed by atoms with Crippen LogP contribution in [0.5, 0.6) is 5.75 Å². The number of carbonyl (C=O) groups excluding carboxylic acids is 2. The van der Waals surface area contributed by atoms with Crippen molar-refractivity contribution in [1.82, 2.24) is 5.32 Å². The Bertz CT molecular complexity index is 610. The molecule has 7 nitrogen and oxygen atoms in total. The Balaban J connectivity index is 0.00000192. The first kappa shape index (κ1) is 17.5. The summed E-state index contributed by atoms with van der Waals surface area (Å²) in [4.78, 5) is 25.5. The molecule has 2 N–H and O–H groups in total. The second-order valence-corrected chi connectivity index (χ2v) is 5.42. The molecule has 2 atom stereocenters. The van der Waals surface area contributed by atoms with Gasteiger partial charge in [0.15, 0.2) is 6.61 Å². The molecule has 8 heteroatoms. The van der Waals surface area contributed by atoms with E-state index in [1.165, 1.54) is 4.90 Å². The minimum atomic E-state index is -0.389. The van der Waals surface area contributed by atoms with Gasteiger partial charge >= 0.3 is 0 Å². The molecule has 3 rings (SSSR count). The van der Waals surface area contributed by atoms with Crippen LogP contribution < -0.4 is 20.3 Å². The van der Waals surface area contributed by atoms with Crippen LogP contribution >= 0.6 is 12.4 Å². The smallest absolute Gasteiger partial charge is 0.264 e. The fraction of sp³-hybridized carbons (Fsp3) is 0.467. The van der Waals surface area contributed by atoms with Gasteiger partial charge in [0.2, 0.25) is 5.91 Å². The molecule has 0 spiro atoms. The van der Waals surface area contributed by atoms with Gasteiger partial charge in [-0.1, -0.05) is 0 Å². The van der Waals surface area contributed by atoms with Crippen LogP contribution in [0.3, 0.4) is 0 Å².